The van der Waals surface area contributed by atoms with Gasteiger partial charge < -0.3 is 9.15 Å². The van der Waals surface area contributed by atoms with Gasteiger partial charge in [0.25, 0.3) is 11.2 Å². The SMILES string of the molecule is CCOC(=O)C1=C(C)N=c2s/c(=C\c3ccc(-c4cc(C)c(C)c([N+](=O)[O-])c4)o3)c(=O)n2[C@H]1c1ccc(SC)cc1. The largest absolute Gasteiger partial charge is 0.463 e. The van der Waals surface area contributed by atoms with E-state index >= 15 is 0 Å². The van der Waals surface area contributed by atoms with Gasteiger partial charge in [0.1, 0.15) is 11.5 Å². The monoisotopic (exact) mass is 589 g/mol. The molecule has 210 valence electrons. The molecular weight excluding hydrogens is 562 g/mol. The highest BCUT2D eigenvalue weighted by Crippen LogP contribution is 2.33. The van der Waals surface area contributed by atoms with Crippen LogP contribution in [0.3, 0.4) is 0 Å². The van der Waals surface area contributed by atoms with Crippen molar-refractivity contribution in [1.82, 2.24) is 4.57 Å². The molecular formula is C30H27N3O6S2. The molecule has 0 bridgehead atoms. The second-order valence-corrected chi connectivity index (χ2v) is 11.4. The average molecular weight is 590 g/mol. The molecule has 3 heterocycles. The second-order valence-electron chi connectivity index (χ2n) is 9.47. The molecule has 2 aromatic heterocycles. The number of thiazole rings is 1. The molecule has 11 heteroatoms. The molecule has 4 aromatic rings. The first-order valence-electron chi connectivity index (χ1n) is 12.8. The molecule has 0 radical (unpaired) electrons. The molecule has 1 aliphatic rings. The van der Waals surface area contributed by atoms with Crippen LogP contribution < -0.4 is 14.9 Å². The molecule has 1 aliphatic heterocycles. The van der Waals surface area contributed by atoms with Crippen LogP contribution in [0.4, 0.5) is 5.69 Å². The van der Waals surface area contributed by atoms with Crippen molar-refractivity contribution >= 4 is 40.8 Å². The molecule has 0 spiro atoms. The number of fused-ring (bicyclic) bond motifs is 1. The molecule has 0 aliphatic carbocycles. The maximum absolute atomic E-state index is 13.8. The summed E-state index contributed by atoms with van der Waals surface area (Å²) in [7, 11) is 0. The lowest BCUT2D eigenvalue weighted by Crippen LogP contribution is -2.39. The average Bonchev–Trinajstić information content (AvgIpc) is 3.53. The van der Waals surface area contributed by atoms with Crippen LogP contribution in [0.5, 0.6) is 0 Å². The molecule has 41 heavy (non-hydrogen) atoms. The van der Waals surface area contributed by atoms with Gasteiger partial charge in [-0.2, -0.15) is 0 Å². The molecule has 5 rings (SSSR count). The Kier molecular flexibility index (Phi) is 7.83. The summed E-state index contributed by atoms with van der Waals surface area (Å²) in [6.07, 6.45) is 3.60. The first-order chi connectivity index (χ1) is 19.6. The Morgan fingerprint density at radius 1 is 1.20 bits per heavy atom. The highest BCUT2D eigenvalue weighted by atomic mass is 32.2. The highest BCUT2D eigenvalue weighted by molar-refractivity contribution is 7.98. The van der Waals surface area contributed by atoms with Gasteiger partial charge in [-0.3, -0.25) is 19.5 Å². The van der Waals surface area contributed by atoms with Gasteiger partial charge in [0.15, 0.2) is 4.80 Å². The molecule has 0 fully saturated rings. The van der Waals surface area contributed by atoms with Crippen LogP contribution in [0.1, 0.15) is 42.3 Å². The van der Waals surface area contributed by atoms with Crippen molar-refractivity contribution in [1.29, 1.82) is 0 Å². The Morgan fingerprint density at radius 2 is 1.93 bits per heavy atom. The van der Waals surface area contributed by atoms with Crippen LogP contribution >= 0.6 is 23.1 Å². The predicted octanol–water partition coefficient (Wildman–Crippen LogP) is 5.31. The number of hydrogen-bond acceptors (Lipinski definition) is 9. The number of nitro benzene ring substituents is 1. The number of carbonyl (C=O) groups excluding carboxylic acids is 1. The third kappa shape index (κ3) is 5.30. The minimum absolute atomic E-state index is 0.0181. The van der Waals surface area contributed by atoms with Crippen molar-refractivity contribution < 1.29 is 18.9 Å². The van der Waals surface area contributed by atoms with Crippen molar-refractivity contribution in [2.24, 2.45) is 4.99 Å². The maximum atomic E-state index is 13.8. The van der Waals surface area contributed by atoms with Crippen LogP contribution in [0.15, 0.2) is 78.9 Å². The van der Waals surface area contributed by atoms with Gasteiger partial charge in [-0.25, -0.2) is 9.79 Å². The molecule has 0 unspecified atom stereocenters. The van der Waals surface area contributed by atoms with Crippen LogP contribution in [0.25, 0.3) is 17.4 Å². The number of benzene rings is 2. The van der Waals surface area contributed by atoms with Crippen molar-refractivity contribution in [2.45, 2.75) is 38.6 Å². The fourth-order valence-electron chi connectivity index (χ4n) is 4.78. The molecule has 1 atom stereocenters. The van der Waals surface area contributed by atoms with E-state index in [0.29, 0.717) is 43.3 Å². The fourth-order valence-corrected chi connectivity index (χ4v) is 6.22. The number of nitrogens with zero attached hydrogens (tertiary/aromatic N) is 3. The normalized spacial score (nSPS) is 15.0. The summed E-state index contributed by atoms with van der Waals surface area (Å²) in [5.74, 6) is 0.343. The number of carbonyl (C=O) groups is 1. The van der Waals surface area contributed by atoms with Gasteiger partial charge in [0.2, 0.25) is 0 Å². The summed E-state index contributed by atoms with van der Waals surface area (Å²) in [6.45, 7) is 7.20. The summed E-state index contributed by atoms with van der Waals surface area (Å²) in [5, 5.41) is 11.5. The lowest BCUT2D eigenvalue weighted by atomic mass is 9.96. The predicted molar refractivity (Wildman–Crippen MR) is 159 cm³/mol. The second kappa shape index (κ2) is 11.3. The fraction of sp³-hybridized carbons (Fsp3) is 0.233. The van der Waals surface area contributed by atoms with E-state index in [-0.39, 0.29) is 17.9 Å². The van der Waals surface area contributed by atoms with E-state index in [0.717, 1.165) is 16.0 Å². The van der Waals surface area contributed by atoms with Gasteiger partial charge in [-0.15, -0.1) is 11.8 Å². The number of aryl methyl sites for hydroxylation is 1. The smallest absolute Gasteiger partial charge is 0.338 e. The Balaban J connectivity index is 1.62. The summed E-state index contributed by atoms with van der Waals surface area (Å²) >= 11 is 2.80. The number of nitro groups is 1. The molecule has 0 saturated carbocycles. The number of esters is 1. The highest BCUT2D eigenvalue weighted by Gasteiger charge is 2.33. The van der Waals surface area contributed by atoms with E-state index in [1.54, 1.807) is 50.7 Å². The third-order valence-electron chi connectivity index (χ3n) is 6.97. The molecule has 9 nitrogen and oxygen atoms in total. The number of ether oxygens (including phenoxy) is 1. The molecule has 0 N–H and O–H groups in total. The van der Waals surface area contributed by atoms with Crippen LogP contribution in [0, 0.1) is 24.0 Å². The zero-order chi connectivity index (χ0) is 29.4. The zero-order valence-electron chi connectivity index (χ0n) is 23.1. The lowest BCUT2D eigenvalue weighted by Gasteiger charge is -2.24. The quantitative estimate of drug-likeness (QED) is 0.124. The number of allylic oxidation sites excluding steroid dienone is 1. The van der Waals surface area contributed by atoms with E-state index < -0.39 is 16.9 Å². The summed E-state index contributed by atoms with van der Waals surface area (Å²) in [5.41, 5.74) is 3.23. The van der Waals surface area contributed by atoms with Crippen molar-refractivity contribution in [2.75, 3.05) is 12.9 Å². The topological polar surface area (TPSA) is 117 Å². The zero-order valence-corrected chi connectivity index (χ0v) is 24.7. The van der Waals surface area contributed by atoms with Crippen LogP contribution in [-0.2, 0) is 9.53 Å². The summed E-state index contributed by atoms with van der Waals surface area (Å²) in [6, 6.07) is 13.8. The lowest BCUT2D eigenvalue weighted by molar-refractivity contribution is -0.385. The Hall–Kier alpha value is -4.22. The van der Waals surface area contributed by atoms with E-state index in [4.69, 9.17) is 9.15 Å². The molecule has 0 amide bonds. The van der Waals surface area contributed by atoms with Gasteiger partial charge in [-0.05, 0) is 75.4 Å². The number of aromatic nitrogens is 1. The first-order valence-corrected chi connectivity index (χ1v) is 14.9. The van der Waals surface area contributed by atoms with Gasteiger partial charge in [0, 0.05) is 28.2 Å². The maximum Gasteiger partial charge on any atom is 0.338 e. The van der Waals surface area contributed by atoms with Gasteiger partial charge in [-0.1, -0.05) is 23.5 Å². The van der Waals surface area contributed by atoms with Crippen molar-refractivity contribution in [3.8, 4) is 11.3 Å². The van der Waals surface area contributed by atoms with Crippen molar-refractivity contribution in [3.05, 3.63) is 112 Å². The van der Waals surface area contributed by atoms with E-state index in [9.17, 15) is 19.7 Å². The molecule has 2 aromatic carbocycles. The number of furan rings is 1. The Bertz CT molecular complexity index is 1900. The van der Waals surface area contributed by atoms with Gasteiger partial charge in [0.05, 0.1) is 33.4 Å². The Morgan fingerprint density at radius 3 is 2.59 bits per heavy atom. The number of rotatable bonds is 7. The number of thioether (sulfide) groups is 1. The van der Waals surface area contributed by atoms with E-state index in [2.05, 4.69) is 4.99 Å². The van der Waals surface area contributed by atoms with E-state index in [1.165, 1.54) is 22.0 Å². The minimum atomic E-state index is -0.702. The minimum Gasteiger partial charge on any atom is -0.463 e. The van der Waals surface area contributed by atoms with Crippen LogP contribution in [-0.4, -0.2) is 28.3 Å². The molecule has 0 saturated heterocycles. The van der Waals surface area contributed by atoms with Crippen LogP contribution in [0.2, 0.25) is 0 Å². The summed E-state index contributed by atoms with van der Waals surface area (Å²) in [4.78, 5) is 44.1. The summed E-state index contributed by atoms with van der Waals surface area (Å²) < 4.78 is 13.3. The van der Waals surface area contributed by atoms with E-state index in [1.807, 2.05) is 43.5 Å². The number of hydrogen-bond donors (Lipinski definition) is 0. The van der Waals surface area contributed by atoms with Gasteiger partial charge >= 0.3 is 5.97 Å². The first kappa shape index (κ1) is 28.3. The third-order valence-corrected chi connectivity index (χ3v) is 8.70. The van der Waals surface area contributed by atoms with Crippen molar-refractivity contribution in [3.63, 3.8) is 0 Å². The Labute approximate surface area is 243 Å². The standard InChI is InChI=1S/C30H27N3O6S2/c1-6-38-29(35)26-18(4)31-30-32(27(26)19-7-10-22(40-5)11-8-19)28(34)25(41-30)15-21-9-12-24(39-21)20-13-16(2)17(3)23(14-20)33(36)37/h7-15,27H,6H2,1-5H3/b25-15-/t27-/m0/s1.